The minimum absolute atomic E-state index is 0.186. The molecule has 0 aliphatic heterocycles. The maximum Gasteiger partial charge on any atom is 0.223 e. The SMILES string of the molecule is CC(O)CCNC(=O)C1CCCCC1. The average Bonchev–Trinajstić information content (AvgIpc) is 2.18. The largest absolute Gasteiger partial charge is 0.393 e. The second-order valence-corrected chi connectivity index (χ2v) is 4.26. The first-order valence-electron chi connectivity index (χ1n) is 5.66. The number of aliphatic hydroxyl groups is 1. The van der Waals surface area contributed by atoms with Gasteiger partial charge in [-0.3, -0.25) is 4.79 Å². The molecule has 1 saturated carbocycles. The van der Waals surface area contributed by atoms with Crippen molar-refractivity contribution in [2.24, 2.45) is 5.92 Å². The van der Waals surface area contributed by atoms with E-state index in [1.54, 1.807) is 6.92 Å². The van der Waals surface area contributed by atoms with Crippen molar-refractivity contribution in [3.8, 4) is 0 Å². The van der Waals surface area contributed by atoms with Crippen LogP contribution in [0.4, 0.5) is 0 Å². The number of aliphatic hydroxyl groups excluding tert-OH is 1. The molecule has 0 aromatic rings. The number of hydrogen-bond acceptors (Lipinski definition) is 2. The van der Waals surface area contributed by atoms with Gasteiger partial charge >= 0.3 is 0 Å². The molecule has 1 fully saturated rings. The summed E-state index contributed by atoms with van der Waals surface area (Å²) in [7, 11) is 0. The summed E-state index contributed by atoms with van der Waals surface area (Å²) in [6.07, 6.45) is 6.07. The Labute approximate surface area is 85.9 Å². The Bertz CT molecular complexity index is 174. The Hall–Kier alpha value is -0.570. The van der Waals surface area contributed by atoms with E-state index < -0.39 is 0 Å². The van der Waals surface area contributed by atoms with E-state index in [2.05, 4.69) is 5.32 Å². The first-order valence-corrected chi connectivity index (χ1v) is 5.66. The Morgan fingerprint density at radius 3 is 2.64 bits per heavy atom. The van der Waals surface area contributed by atoms with Gasteiger partial charge in [0, 0.05) is 12.5 Å². The first kappa shape index (κ1) is 11.5. The molecule has 82 valence electrons. The van der Waals surface area contributed by atoms with Crippen LogP contribution in [0.3, 0.4) is 0 Å². The lowest BCUT2D eigenvalue weighted by molar-refractivity contribution is -0.125. The number of carbonyl (C=O) groups is 1. The van der Waals surface area contributed by atoms with Crippen molar-refractivity contribution in [1.29, 1.82) is 0 Å². The summed E-state index contributed by atoms with van der Waals surface area (Å²) in [6, 6.07) is 0. The normalized spacial score (nSPS) is 20.4. The van der Waals surface area contributed by atoms with E-state index in [9.17, 15) is 4.79 Å². The molecule has 0 aromatic carbocycles. The Morgan fingerprint density at radius 2 is 2.07 bits per heavy atom. The summed E-state index contributed by atoms with van der Waals surface area (Å²) in [5, 5.41) is 11.9. The highest BCUT2D eigenvalue weighted by Crippen LogP contribution is 2.23. The van der Waals surface area contributed by atoms with Crippen molar-refractivity contribution in [1.82, 2.24) is 5.32 Å². The van der Waals surface area contributed by atoms with Crippen molar-refractivity contribution in [2.45, 2.75) is 51.6 Å². The van der Waals surface area contributed by atoms with Crippen LogP contribution in [0.15, 0.2) is 0 Å². The molecule has 1 rings (SSSR count). The molecular weight excluding hydrogens is 178 g/mol. The lowest BCUT2D eigenvalue weighted by atomic mass is 9.89. The van der Waals surface area contributed by atoms with Gasteiger partial charge in [0.05, 0.1) is 6.10 Å². The number of carbonyl (C=O) groups excluding carboxylic acids is 1. The van der Waals surface area contributed by atoms with Crippen LogP contribution in [-0.2, 0) is 4.79 Å². The summed E-state index contributed by atoms with van der Waals surface area (Å²) in [5.74, 6) is 0.420. The van der Waals surface area contributed by atoms with E-state index in [0.29, 0.717) is 13.0 Å². The zero-order valence-electron chi connectivity index (χ0n) is 8.96. The second kappa shape index (κ2) is 6.02. The molecule has 0 aromatic heterocycles. The summed E-state index contributed by atoms with van der Waals surface area (Å²) >= 11 is 0. The number of amides is 1. The lowest BCUT2D eigenvalue weighted by Gasteiger charge is -2.20. The van der Waals surface area contributed by atoms with E-state index in [4.69, 9.17) is 5.11 Å². The fraction of sp³-hybridized carbons (Fsp3) is 0.909. The molecule has 1 atom stereocenters. The molecule has 2 N–H and O–H groups in total. The van der Waals surface area contributed by atoms with Crippen LogP contribution in [0.25, 0.3) is 0 Å². The van der Waals surface area contributed by atoms with Gasteiger partial charge in [-0.15, -0.1) is 0 Å². The van der Waals surface area contributed by atoms with Crippen molar-refractivity contribution in [3.63, 3.8) is 0 Å². The van der Waals surface area contributed by atoms with Gasteiger partial charge in [-0.2, -0.15) is 0 Å². The lowest BCUT2D eigenvalue weighted by Crippen LogP contribution is -2.33. The third-order valence-corrected chi connectivity index (χ3v) is 2.84. The zero-order chi connectivity index (χ0) is 10.4. The average molecular weight is 199 g/mol. The monoisotopic (exact) mass is 199 g/mol. The molecule has 14 heavy (non-hydrogen) atoms. The minimum atomic E-state index is -0.318. The fourth-order valence-corrected chi connectivity index (χ4v) is 1.91. The molecule has 0 radical (unpaired) electrons. The van der Waals surface area contributed by atoms with Crippen LogP contribution in [0, 0.1) is 5.92 Å². The molecule has 3 nitrogen and oxygen atoms in total. The summed E-state index contributed by atoms with van der Waals surface area (Å²) in [5.41, 5.74) is 0. The molecular formula is C11H21NO2. The van der Waals surface area contributed by atoms with Crippen LogP contribution >= 0.6 is 0 Å². The Balaban J connectivity index is 2.13. The Morgan fingerprint density at radius 1 is 1.43 bits per heavy atom. The summed E-state index contributed by atoms with van der Waals surface area (Å²) in [4.78, 5) is 11.6. The van der Waals surface area contributed by atoms with E-state index in [1.165, 1.54) is 19.3 Å². The third-order valence-electron chi connectivity index (χ3n) is 2.84. The van der Waals surface area contributed by atoms with E-state index in [0.717, 1.165) is 12.8 Å². The van der Waals surface area contributed by atoms with Gasteiger partial charge in [0.15, 0.2) is 0 Å². The maximum absolute atomic E-state index is 11.6. The van der Waals surface area contributed by atoms with E-state index in [1.807, 2.05) is 0 Å². The van der Waals surface area contributed by atoms with Crippen molar-refractivity contribution in [3.05, 3.63) is 0 Å². The molecule has 0 spiro atoms. The predicted octanol–water partition coefficient (Wildman–Crippen LogP) is 1.45. The van der Waals surface area contributed by atoms with Gasteiger partial charge < -0.3 is 10.4 Å². The van der Waals surface area contributed by atoms with Crippen molar-refractivity contribution < 1.29 is 9.90 Å². The second-order valence-electron chi connectivity index (χ2n) is 4.26. The summed E-state index contributed by atoms with van der Waals surface area (Å²) in [6.45, 7) is 2.35. The maximum atomic E-state index is 11.6. The molecule has 1 unspecified atom stereocenters. The van der Waals surface area contributed by atoms with Crippen molar-refractivity contribution >= 4 is 5.91 Å². The highest BCUT2D eigenvalue weighted by atomic mass is 16.3. The highest BCUT2D eigenvalue weighted by Gasteiger charge is 2.20. The highest BCUT2D eigenvalue weighted by molar-refractivity contribution is 5.78. The standard InChI is InChI=1S/C11H21NO2/c1-9(13)7-8-12-11(14)10-5-3-2-4-6-10/h9-10,13H,2-8H2,1H3,(H,12,14). The summed E-state index contributed by atoms with van der Waals surface area (Å²) < 4.78 is 0. The number of hydrogen-bond donors (Lipinski definition) is 2. The molecule has 1 aliphatic carbocycles. The Kier molecular flexibility index (Phi) is 4.94. The van der Waals surface area contributed by atoms with Gasteiger partial charge in [0.25, 0.3) is 0 Å². The molecule has 0 bridgehead atoms. The van der Waals surface area contributed by atoms with E-state index >= 15 is 0 Å². The van der Waals surface area contributed by atoms with Crippen LogP contribution in [-0.4, -0.2) is 23.7 Å². The van der Waals surface area contributed by atoms with Crippen LogP contribution in [0.5, 0.6) is 0 Å². The van der Waals surface area contributed by atoms with Gasteiger partial charge in [0.1, 0.15) is 0 Å². The van der Waals surface area contributed by atoms with Gasteiger partial charge in [-0.05, 0) is 26.2 Å². The predicted molar refractivity (Wildman–Crippen MR) is 55.9 cm³/mol. The van der Waals surface area contributed by atoms with Gasteiger partial charge in [0.2, 0.25) is 5.91 Å². The van der Waals surface area contributed by atoms with Crippen LogP contribution < -0.4 is 5.32 Å². The fourth-order valence-electron chi connectivity index (χ4n) is 1.91. The minimum Gasteiger partial charge on any atom is -0.393 e. The molecule has 3 heteroatoms. The van der Waals surface area contributed by atoms with E-state index in [-0.39, 0.29) is 17.9 Å². The topological polar surface area (TPSA) is 49.3 Å². The van der Waals surface area contributed by atoms with Gasteiger partial charge in [-0.25, -0.2) is 0 Å². The number of rotatable bonds is 4. The number of nitrogens with one attached hydrogen (secondary N) is 1. The smallest absolute Gasteiger partial charge is 0.223 e. The van der Waals surface area contributed by atoms with Crippen molar-refractivity contribution in [2.75, 3.05) is 6.54 Å². The first-order chi connectivity index (χ1) is 6.70. The van der Waals surface area contributed by atoms with Crippen LogP contribution in [0.2, 0.25) is 0 Å². The zero-order valence-corrected chi connectivity index (χ0v) is 8.96. The van der Waals surface area contributed by atoms with Gasteiger partial charge in [-0.1, -0.05) is 19.3 Å². The van der Waals surface area contributed by atoms with Crippen LogP contribution in [0.1, 0.15) is 45.4 Å². The molecule has 0 heterocycles. The molecule has 1 amide bonds. The molecule has 0 saturated heterocycles. The molecule has 1 aliphatic rings. The quantitative estimate of drug-likeness (QED) is 0.720. The third kappa shape index (κ3) is 4.09.